The van der Waals surface area contributed by atoms with E-state index >= 15 is 0 Å². The van der Waals surface area contributed by atoms with Crippen LogP contribution in [0.3, 0.4) is 0 Å². The quantitative estimate of drug-likeness (QED) is 0.712. The van der Waals surface area contributed by atoms with Crippen LogP contribution in [0.5, 0.6) is 0 Å². The summed E-state index contributed by atoms with van der Waals surface area (Å²) in [5.41, 5.74) is 0.671. The summed E-state index contributed by atoms with van der Waals surface area (Å²) in [7, 11) is 0. The second-order valence-electron chi connectivity index (χ2n) is 2.11. The molecule has 0 fully saturated rings. The van der Waals surface area contributed by atoms with Crippen molar-refractivity contribution in [2.24, 2.45) is 0 Å². The maximum absolute atomic E-state index is 10.1. The first-order valence-corrected chi connectivity index (χ1v) is 3.58. The summed E-state index contributed by atoms with van der Waals surface area (Å²) in [6, 6.07) is 1.63. The van der Waals surface area contributed by atoms with Gasteiger partial charge in [0.25, 0.3) is 0 Å². The van der Waals surface area contributed by atoms with Crippen LogP contribution >= 0.6 is 11.6 Å². The van der Waals surface area contributed by atoms with E-state index in [-0.39, 0.29) is 0 Å². The highest BCUT2D eigenvalue weighted by Gasteiger charge is 1.91. The van der Waals surface area contributed by atoms with Crippen LogP contribution < -0.4 is 0 Å². The van der Waals surface area contributed by atoms with E-state index in [1.54, 1.807) is 6.07 Å². The minimum absolute atomic E-state index is 0.488. The molecule has 0 aromatic carbocycles. The molecule has 0 aliphatic rings. The average molecular weight is 184 g/mol. The lowest BCUT2D eigenvalue weighted by molar-refractivity contribution is -0.131. The molecule has 62 valence electrons. The second-order valence-corrected chi connectivity index (χ2v) is 2.54. The molecular formula is C8H6ClNO2. The highest BCUT2D eigenvalue weighted by Crippen LogP contribution is 2.09. The van der Waals surface area contributed by atoms with Crippen LogP contribution in [0.1, 0.15) is 5.56 Å². The van der Waals surface area contributed by atoms with E-state index in [9.17, 15) is 4.79 Å². The van der Waals surface area contributed by atoms with E-state index in [1.807, 2.05) is 0 Å². The van der Waals surface area contributed by atoms with Gasteiger partial charge in [-0.3, -0.25) is 4.98 Å². The lowest BCUT2D eigenvalue weighted by atomic mass is 10.2. The number of aliphatic carboxylic acids is 1. The van der Waals surface area contributed by atoms with Crippen molar-refractivity contribution in [2.45, 2.75) is 0 Å². The number of pyridine rings is 1. The second kappa shape index (κ2) is 3.88. The molecule has 4 heteroatoms. The molecule has 0 atom stereocenters. The van der Waals surface area contributed by atoms with Crippen molar-refractivity contribution in [1.29, 1.82) is 0 Å². The van der Waals surface area contributed by atoms with Crippen molar-refractivity contribution >= 4 is 23.6 Å². The summed E-state index contributed by atoms with van der Waals surface area (Å²) in [6.07, 6.45) is 5.49. The molecule has 0 saturated carbocycles. The number of hydrogen-bond acceptors (Lipinski definition) is 2. The van der Waals surface area contributed by atoms with E-state index in [2.05, 4.69) is 4.98 Å². The molecule has 1 rings (SSSR count). The zero-order chi connectivity index (χ0) is 8.97. The summed E-state index contributed by atoms with van der Waals surface area (Å²) in [6.45, 7) is 0. The van der Waals surface area contributed by atoms with Gasteiger partial charge in [-0.1, -0.05) is 11.6 Å². The van der Waals surface area contributed by atoms with Gasteiger partial charge in [-0.15, -0.1) is 0 Å². The molecule has 0 spiro atoms. The molecule has 1 N–H and O–H groups in total. The first-order chi connectivity index (χ1) is 5.68. The lowest BCUT2D eigenvalue weighted by Gasteiger charge is -1.91. The fourth-order valence-corrected chi connectivity index (χ4v) is 0.869. The highest BCUT2D eigenvalue weighted by molar-refractivity contribution is 6.30. The van der Waals surface area contributed by atoms with Crippen LogP contribution in [0.15, 0.2) is 24.5 Å². The minimum Gasteiger partial charge on any atom is -0.478 e. The Bertz CT molecular complexity index is 323. The van der Waals surface area contributed by atoms with Crippen molar-refractivity contribution in [2.75, 3.05) is 0 Å². The Hall–Kier alpha value is -1.35. The van der Waals surface area contributed by atoms with Gasteiger partial charge >= 0.3 is 5.97 Å². The monoisotopic (exact) mass is 183 g/mol. The van der Waals surface area contributed by atoms with Crippen LogP contribution in [0.25, 0.3) is 6.08 Å². The predicted octanol–water partition coefficient (Wildman–Crippen LogP) is 1.83. The molecule has 1 heterocycles. The van der Waals surface area contributed by atoms with Gasteiger partial charge in [0.1, 0.15) is 0 Å². The Morgan fingerprint density at radius 3 is 2.92 bits per heavy atom. The van der Waals surface area contributed by atoms with Crippen molar-refractivity contribution in [3.63, 3.8) is 0 Å². The maximum Gasteiger partial charge on any atom is 0.328 e. The number of halogens is 1. The molecule has 3 nitrogen and oxygen atoms in total. The maximum atomic E-state index is 10.1. The number of aromatic nitrogens is 1. The summed E-state index contributed by atoms with van der Waals surface area (Å²) < 4.78 is 0. The smallest absolute Gasteiger partial charge is 0.328 e. The Balaban J connectivity index is 2.83. The standard InChI is InChI=1S/C8H6ClNO2/c9-7-3-6(4-10-5-7)1-2-8(11)12/h1-5H,(H,11,12). The molecular weight excluding hydrogens is 178 g/mol. The first-order valence-electron chi connectivity index (χ1n) is 3.20. The fourth-order valence-electron chi connectivity index (χ4n) is 0.687. The number of rotatable bonds is 2. The van der Waals surface area contributed by atoms with E-state index in [4.69, 9.17) is 16.7 Å². The summed E-state index contributed by atoms with van der Waals surface area (Å²) in [5.74, 6) is -0.991. The highest BCUT2D eigenvalue weighted by atomic mass is 35.5. The number of carboxylic acid groups (broad SMARTS) is 1. The van der Waals surface area contributed by atoms with Gasteiger partial charge in [0.2, 0.25) is 0 Å². The number of nitrogens with zero attached hydrogens (tertiary/aromatic N) is 1. The van der Waals surface area contributed by atoms with Gasteiger partial charge in [0.05, 0.1) is 5.02 Å². The molecule has 0 aliphatic carbocycles. The van der Waals surface area contributed by atoms with Gasteiger partial charge in [0.15, 0.2) is 0 Å². The van der Waals surface area contributed by atoms with E-state index in [0.717, 1.165) is 6.08 Å². The third-order valence-electron chi connectivity index (χ3n) is 1.14. The van der Waals surface area contributed by atoms with Gasteiger partial charge in [-0.05, 0) is 17.7 Å². The van der Waals surface area contributed by atoms with Gasteiger partial charge < -0.3 is 5.11 Å². The van der Waals surface area contributed by atoms with Crippen LogP contribution in [0.2, 0.25) is 5.02 Å². The van der Waals surface area contributed by atoms with Crippen molar-refractivity contribution in [3.8, 4) is 0 Å². The normalized spacial score (nSPS) is 10.4. The summed E-state index contributed by atoms with van der Waals surface area (Å²) >= 11 is 5.62. The van der Waals surface area contributed by atoms with Gasteiger partial charge in [0, 0.05) is 18.5 Å². The molecule has 0 radical (unpaired) electrons. The molecule has 0 unspecified atom stereocenters. The SMILES string of the molecule is O=C(O)C=Cc1cncc(Cl)c1. The Morgan fingerprint density at radius 1 is 1.58 bits per heavy atom. The molecule has 0 saturated heterocycles. The number of carboxylic acids is 1. The Morgan fingerprint density at radius 2 is 2.33 bits per heavy atom. The summed E-state index contributed by atoms with van der Waals surface area (Å²) in [4.78, 5) is 13.9. The van der Waals surface area contributed by atoms with Gasteiger partial charge in [-0.2, -0.15) is 0 Å². The van der Waals surface area contributed by atoms with Gasteiger partial charge in [-0.25, -0.2) is 4.79 Å². The third-order valence-corrected chi connectivity index (χ3v) is 1.35. The Kier molecular flexibility index (Phi) is 2.82. The van der Waals surface area contributed by atoms with E-state index in [1.165, 1.54) is 18.5 Å². The number of carbonyl (C=O) groups is 1. The average Bonchev–Trinajstić information content (AvgIpc) is 2.01. The first kappa shape index (κ1) is 8.74. The number of hydrogen-bond donors (Lipinski definition) is 1. The molecule has 1 aromatic heterocycles. The molecule has 12 heavy (non-hydrogen) atoms. The minimum atomic E-state index is -0.991. The van der Waals surface area contributed by atoms with Crippen molar-refractivity contribution in [3.05, 3.63) is 35.1 Å². The molecule has 1 aromatic rings. The van der Waals surface area contributed by atoms with Crippen molar-refractivity contribution < 1.29 is 9.90 Å². The summed E-state index contributed by atoms with van der Waals surface area (Å²) in [5, 5.41) is 8.79. The Labute approximate surface area is 74.3 Å². The van der Waals surface area contributed by atoms with Crippen LogP contribution in [0, 0.1) is 0 Å². The zero-order valence-corrected chi connectivity index (χ0v) is 6.82. The van der Waals surface area contributed by atoms with E-state index < -0.39 is 5.97 Å². The van der Waals surface area contributed by atoms with Crippen molar-refractivity contribution in [1.82, 2.24) is 4.98 Å². The molecule has 0 amide bonds. The van der Waals surface area contributed by atoms with Crippen LogP contribution in [-0.4, -0.2) is 16.1 Å². The zero-order valence-electron chi connectivity index (χ0n) is 6.07. The largest absolute Gasteiger partial charge is 0.478 e. The van der Waals surface area contributed by atoms with Crippen LogP contribution in [0.4, 0.5) is 0 Å². The van der Waals surface area contributed by atoms with E-state index in [0.29, 0.717) is 10.6 Å². The fraction of sp³-hybridized carbons (Fsp3) is 0. The molecule has 0 aliphatic heterocycles. The lowest BCUT2D eigenvalue weighted by Crippen LogP contribution is -1.85. The molecule has 0 bridgehead atoms. The predicted molar refractivity (Wildman–Crippen MR) is 45.9 cm³/mol. The van der Waals surface area contributed by atoms with Crippen LogP contribution in [-0.2, 0) is 4.79 Å². The third kappa shape index (κ3) is 2.72. The topological polar surface area (TPSA) is 50.2 Å².